The fraction of sp³-hybridized carbons (Fsp3) is 0.158. The standard InChI is InChI=1S/C19H19NO3/c1-20(18(21)13-10-15-6-4-3-5-7-15)14-16-8-11-17(12-9-16)19(22)23-2/h3-13H,14H2,1-2H3. The zero-order chi connectivity index (χ0) is 16.7. The molecule has 118 valence electrons. The van der Waals surface area contributed by atoms with Crippen molar-refractivity contribution in [3.05, 3.63) is 77.4 Å². The first-order valence-electron chi connectivity index (χ1n) is 7.25. The summed E-state index contributed by atoms with van der Waals surface area (Å²) in [5.41, 5.74) is 2.42. The highest BCUT2D eigenvalue weighted by Gasteiger charge is 2.08. The van der Waals surface area contributed by atoms with Crippen LogP contribution in [0, 0.1) is 0 Å². The second-order valence-electron chi connectivity index (χ2n) is 5.13. The predicted octanol–water partition coefficient (Wildman–Crippen LogP) is 3.15. The van der Waals surface area contributed by atoms with Crippen molar-refractivity contribution in [2.24, 2.45) is 0 Å². The molecule has 0 aliphatic rings. The van der Waals surface area contributed by atoms with Crippen LogP contribution in [0.25, 0.3) is 6.08 Å². The molecule has 0 saturated carbocycles. The molecule has 23 heavy (non-hydrogen) atoms. The van der Waals surface area contributed by atoms with Crippen LogP contribution >= 0.6 is 0 Å². The van der Waals surface area contributed by atoms with E-state index < -0.39 is 0 Å². The summed E-state index contributed by atoms with van der Waals surface area (Å²) in [4.78, 5) is 25.1. The zero-order valence-corrected chi connectivity index (χ0v) is 13.2. The molecule has 2 rings (SSSR count). The van der Waals surface area contributed by atoms with E-state index >= 15 is 0 Å². The highest BCUT2D eigenvalue weighted by molar-refractivity contribution is 5.91. The van der Waals surface area contributed by atoms with Gasteiger partial charge in [-0.2, -0.15) is 0 Å². The number of methoxy groups -OCH3 is 1. The third-order valence-electron chi connectivity index (χ3n) is 3.39. The van der Waals surface area contributed by atoms with Gasteiger partial charge in [0.2, 0.25) is 5.91 Å². The molecule has 0 N–H and O–H groups in total. The lowest BCUT2D eigenvalue weighted by Gasteiger charge is -2.15. The van der Waals surface area contributed by atoms with Crippen molar-refractivity contribution >= 4 is 18.0 Å². The van der Waals surface area contributed by atoms with Crippen molar-refractivity contribution in [3.63, 3.8) is 0 Å². The van der Waals surface area contributed by atoms with Crippen molar-refractivity contribution in [1.29, 1.82) is 0 Å². The fourth-order valence-corrected chi connectivity index (χ4v) is 2.07. The minimum Gasteiger partial charge on any atom is -0.465 e. The molecule has 2 aromatic carbocycles. The molecule has 0 fully saturated rings. The number of nitrogens with zero attached hydrogens (tertiary/aromatic N) is 1. The molecule has 4 nitrogen and oxygen atoms in total. The van der Waals surface area contributed by atoms with Crippen LogP contribution in [0.15, 0.2) is 60.7 Å². The van der Waals surface area contributed by atoms with E-state index in [-0.39, 0.29) is 11.9 Å². The summed E-state index contributed by atoms with van der Waals surface area (Å²) in [7, 11) is 3.09. The van der Waals surface area contributed by atoms with Gasteiger partial charge in [-0.1, -0.05) is 42.5 Å². The summed E-state index contributed by atoms with van der Waals surface area (Å²) in [5.74, 6) is -0.447. The third-order valence-corrected chi connectivity index (χ3v) is 3.39. The number of carbonyl (C=O) groups excluding carboxylic acids is 2. The Morgan fingerprint density at radius 2 is 1.70 bits per heavy atom. The molecule has 0 saturated heterocycles. The maximum atomic E-state index is 12.1. The van der Waals surface area contributed by atoms with Gasteiger partial charge in [0.15, 0.2) is 0 Å². The number of carbonyl (C=O) groups is 2. The molecule has 0 heterocycles. The predicted molar refractivity (Wildman–Crippen MR) is 89.7 cm³/mol. The lowest BCUT2D eigenvalue weighted by Crippen LogP contribution is -2.24. The first kappa shape index (κ1) is 16.5. The van der Waals surface area contributed by atoms with Gasteiger partial charge in [0.25, 0.3) is 0 Å². The molecule has 0 aliphatic carbocycles. The van der Waals surface area contributed by atoms with Gasteiger partial charge in [-0.25, -0.2) is 4.79 Å². The number of likely N-dealkylation sites (N-methyl/N-ethyl adjacent to an activating group) is 1. The van der Waals surface area contributed by atoms with Gasteiger partial charge in [-0.05, 0) is 29.3 Å². The van der Waals surface area contributed by atoms with Gasteiger partial charge in [0.1, 0.15) is 0 Å². The Morgan fingerprint density at radius 1 is 1.04 bits per heavy atom. The second kappa shape index (κ2) is 7.94. The fourth-order valence-electron chi connectivity index (χ4n) is 2.07. The number of esters is 1. The largest absolute Gasteiger partial charge is 0.465 e. The van der Waals surface area contributed by atoms with E-state index in [0.717, 1.165) is 11.1 Å². The van der Waals surface area contributed by atoms with Crippen molar-refractivity contribution in [3.8, 4) is 0 Å². The summed E-state index contributed by atoms with van der Waals surface area (Å²) >= 11 is 0. The zero-order valence-electron chi connectivity index (χ0n) is 13.2. The van der Waals surface area contributed by atoms with Crippen molar-refractivity contribution in [2.75, 3.05) is 14.2 Å². The Kier molecular flexibility index (Phi) is 5.69. The molecule has 0 aromatic heterocycles. The molecule has 0 atom stereocenters. The molecule has 1 amide bonds. The van der Waals surface area contributed by atoms with E-state index in [1.807, 2.05) is 42.5 Å². The van der Waals surface area contributed by atoms with Crippen LogP contribution in [-0.4, -0.2) is 30.9 Å². The van der Waals surface area contributed by atoms with Gasteiger partial charge in [-0.3, -0.25) is 4.79 Å². The minimum absolute atomic E-state index is 0.0779. The Morgan fingerprint density at radius 3 is 2.30 bits per heavy atom. The highest BCUT2D eigenvalue weighted by Crippen LogP contribution is 2.09. The van der Waals surface area contributed by atoms with Crippen molar-refractivity contribution in [1.82, 2.24) is 4.90 Å². The van der Waals surface area contributed by atoms with Gasteiger partial charge < -0.3 is 9.64 Å². The molecule has 4 heteroatoms. The quantitative estimate of drug-likeness (QED) is 0.629. The second-order valence-corrected chi connectivity index (χ2v) is 5.13. The van der Waals surface area contributed by atoms with Crippen LogP contribution in [0.5, 0.6) is 0 Å². The summed E-state index contributed by atoms with van der Waals surface area (Å²) in [6, 6.07) is 16.7. The van der Waals surface area contributed by atoms with E-state index in [4.69, 9.17) is 0 Å². The average Bonchev–Trinajstić information content (AvgIpc) is 2.60. The topological polar surface area (TPSA) is 46.6 Å². The van der Waals surface area contributed by atoms with E-state index in [2.05, 4.69) is 4.74 Å². The Balaban J connectivity index is 1.95. The van der Waals surface area contributed by atoms with Crippen LogP contribution in [0.2, 0.25) is 0 Å². The molecule has 0 spiro atoms. The molecule has 0 radical (unpaired) electrons. The number of hydrogen-bond acceptors (Lipinski definition) is 3. The van der Waals surface area contributed by atoms with Crippen LogP contribution in [0.1, 0.15) is 21.5 Å². The maximum absolute atomic E-state index is 12.1. The van der Waals surface area contributed by atoms with Crippen LogP contribution in [0.4, 0.5) is 0 Å². The molecule has 0 aliphatic heterocycles. The van der Waals surface area contributed by atoms with Crippen molar-refractivity contribution < 1.29 is 14.3 Å². The number of rotatable bonds is 5. The first-order valence-corrected chi connectivity index (χ1v) is 7.25. The smallest absolute Gasteiger partial charge is 0.337 e. The van der Waals surface area contributed by atoms with Gasteiger partial charge in [0, 0.05) is 19.7 Å². The van der Waals surface area contributed by atoms with Gasteiger partial charge in [0.05, 0.1) is 12.7 Å². The highest BCUT2D eigenvalue weighted by atomic mass is 16.5. The summed E-state index contributed by atoms with van der Waals surface area (Å²) in [5, 5.41) is 0. The molecular formula is C19H19NO3. The SMILES string of the molecule is COC(=O)c1ccc(CN(C)C(=O)C=Cc2ccccc2)cc1. The maximum Gasteiger partial charge on any atom is 0.337 e. The molecular weight excluding hydrogens is 290 g/mol. The van der Waals surface area contributed by atoms with Crippen LogP contribution in [-0.2, 0) is 16.1 Å². The molecule has 2 aromatic rings. The van der Waals surface area contributed by atoms with Crippen molar-refractivity contribution in [2.45, 2.75) is 6.54 Å². The van der Waals surface area contributed by atoms with Gasteiger partial charge >= 0.3 is 5.97 Å². The average molecular weight is 309 g/mol. The normalized spacial score (nSPS) is 10.5. The number of amides is 1. The lowest BCUT2D eigenvalue weighted by atomic mass is 10.1. The summed E-state index contributed by atoms with van der Waals surface area (Å²) in [6.07, 6.45) is 3.34. The van der Waals surface area contributed by atoms with Crippen LogP contribution < -0.4 is 0 Å². The first-order chi connectivity index (χ1) is 11.1. The molecule has 0 bridgehead atoms. The van der Waals surface area contributed by atoms with E-state index in [9.17, 15) is 9.59 Å². The summed E-state index contributed by atoms with van der Waals surface area (Å²) in [6.45, 7) is 0.472. The Hall–Kier alpha value is -2.88. The third kappa shape index (κ3) is 4.81. The lowest BCUT2D eigenvalue weighted by molar-refractivity contribution is -0.125. The number of hydrogen-bond donors (Lipinski definition) is 0. The number of ether oxygens (including phenoxy) is 1. The summed E-state index contributed by atoms with van der Waals surface area (Å²) < 4.78 is 4.66. The van der Waals surface area contributed by atoms with E-state index in [1.54, 1.807) is 36.2 Å². The van der Waals surface area contributed by atoms with Crippen LogP contribution in [0.3, 0.4) is 0 Å². The Labute approximate surface area is 136 Å². The van der Waals surface area contributed by atoms with E-state index in [1.165, 1.54) is 7.11 Å². The van der Waals surface area contributed by atoms with Gasteiger partial charge in [-0.15, -0.1) is 0 Å². The van der Waals surface area contributed by atoms with E-state index in [0.29, 0.717) is 12.1 Å². The number of benzene rings is 2. The minimum atomic E-state index is -0.369. The molecule has 0 unspecified atom stereocenters. The Bertz CT molecular complexity index is 690. The monoisotopic (exact) mass is 309 g/mol.